The molecule has 2 aromatic carbocycles. The number of rotatable bonds is 4. The van der Waals surface area contributed by atoms with Gasteiger partial charge in [0.25, 0.3) is 5.91 Å². The van der Waals surface area contributed by atoms with Gasteiger partial charge < -0.3 is 15.5 Å². The SMILES string of the molecule is CNc1ncc2c(n1)N1CCN=C1C(c1c(C)ccc(NC(=O)c3ccccc3)c1F)=C2. The topological polar surface area (TPSA) is 82.5 Å². The van der Waals surface area contributed by atoms with Crippen molar-refractivity contribution in [3.8, 4) is 0 Å². The van der Waals surface area contributed by atoms with E-state index in [1.54, 1.807) is 49.6 Å². The number of anilines is 3. The first kappa shape index (κ1) is 19.9. The van der Waals surface area contributed by atoms with E-state index in [-0.39, 0.29) is 11.6 Å². The van der Waals surface area contributed by atoms with E-state index in [2.05, 4.69) is 25.6 Å². The number of nitrogens with one attached hydrogen (secondary N) is 2. The van der Waals surface area contributed by atoms with Crippen molar-refractivity contribution < 1.29 is 9.18 Å². The number of carbonyl (C=O) groups is 1. The summed E-state index contributed by atoms with van der Waals surface area (Å²) >= 11 is 0. The zero-order valence-electron chi connectivity index (χ0n) is 17.7. The van der Waals surface area contributed by atoms with Crippen LogP contribution in [0.5, 0.6) is 0 Å². The maximum Gasteiger partial charge on any atom is 0.255 e. The number of hydrogen-bond donors (Lipinski definition) is 2. The minimum atomic E-state index is -0.494. The van der Waals surface area contributed by atoms with Gasteiger partial charge in [0.1, 0.15) is 11.7 Å². The Kier molecular flexibility index (Phi) is 4.89. The molecule has 32 heavy (non-hydrogen) atoms. The molecule has 1 aromatic heterocycles. The molecule has 0 atom stereocenters. The van der Waals surface area contributed by atoms with E-state index in [0.29, 0.717) is 41.6 Å². The van der Waals surface area contributed by atoms with Gasteiger partial charge in [-0.3, -0.25) is 9.79 Å². The molecule has 0 fully saturated rings. The van der Waals surface area contributed by atoms with Crippen molar-refractivity contribution >= 4 is 40.8 Å². The number of halogens is 1. The molecule has 2 aliphatic rings. The van der Waals surface area contributed by atoms with Crippen LogP contribution in [0.4, 0.5) is 21.8 Å². The summed E-state index contributed by atoms with van der Waals surface area (Å²) in [6.45, 7) is 3.10. The summed E-state index contributed by atoms with van der Waals surface area (Å²) in [4.78, 5) is 28.1. The zero-order chi connectivity index (χ0) is 22.2. The van der Waals surface area contributed by atoms with Crippen LogP contribution in [-0.4, -0.2) is 41.8 Å². The van der Waals surface area contributed by atoms with E-state index in [1.807, 2.05) is 24.0 Å². The van der Waals surface area contributed by atoms with Gasteiger partial charge >= 0.3 is 0 Å². The Bertz CT molecular complexity index is 1290. The normalized spacial score (nSPS) is 14.3. The maximum absolute atomic E-state index is 15.8. The predicted octanol–water partition coefficient (Wildman–Crippen LogP) is 3.99. The number of nitrogens with zero attached hydrogens (tertiary/aromatic N) is 4. The highest BCUT2D eigenvalue weighted by Crippen LogP contribution is 2.38. The van der Waals surface area contributed by atoms with Gasteiger partial charge in [-0.1, -0.05) is 24.3 Å². The standard InChI is InChI=1S/C24H21FN6O/c1-14-8-9-18(29-23(32)15-6-4-3-5-7-15)20(25)19(14)17-12-16-13-28-24(26-2)30-21(16)31-11-10-27-22(17)31/h3-9,12-13H,10-11H2,1-2H3,(H,29,32)(H,26,28,30). The monoisotopic (exact) mass is 428 g/mol. The van der Waals surface area contributed by atoms with Crippen molar-refractivity contribution in [3.05, 3.63) is 76.7 Å². The summed E-state index contributed by atoms with van der Waals surface area (Å²) in [5.74, 6) is 1.07. The molecular weight excluding hydrogens is 407 g/mol. The summed E-state index contributed by atoms with van der Waals surface area (Å²) in [7, 11) is 1.76. The lowest BCUT2D eigenvalue weighted by atomic mass is 9.94. The van der Waals surface area contributed by atoms with Crippen LogP contribution in [0.2, 0.25) is 0 Å². The third kappa shape index (κ3) is 3.30. The van der Waals surface area contributed by atoms with Crippen LogP contribution in [0.3, 0.4) is 0 Å². The Hall–Kier alpha value is -4.07. The number of amidine groups is 1. The van der Waals surface area contributed by atoms with Crippen LogP contribution in [-0.2, 0) is 0 Å². The second kappa shape index (κ2) is 7.88. The number of aliphatic imine (C=N–C) groups is 1. The summed E-state index contributed by atoms with van der Waals surface area (Å²) in [6.07, 6.45) is 3.58. The van der Waals surface area contributed by atoms with Gasteiger partial charge in [0.2, 0.25) is 5.95 Å². The van der Waals surface area contributed by atoms with Crippen molar-refractivity contribution in [3.63, 3.8) is 0 Å². The van der Waals surface area contributed by atoms with Crippen LogP contribution < -0.4 is 15.5 Å². The number of aryl methyl sites for hydroxylation is 1. The molecule has 5 rings (SSSR count). The highest BCUT2D eigenvalue weighted by atomic mass is 19.1. The zero-order valence-corrected chi connectivity index (χ0v) is 17.7. The van der Waals surface area contributed by atoms with E-state index >= 15 is 4.39 Å². The van der Waals surface area contributed by atoms with Crippen LogP contribution in [0.15, 0.2) is 53.7 Å². The van der Waals surface area contributed by atoms with Gasteiger partial charge in [0.05, 0.1) is 12.2 Å². The number of aromatic nitrogens is 2. The maximum atomic E-state index is 15.8. The fourth-order valence-electron chi connectivity index (χ4n) is 3.99. The minimum Gasteiger partial charge on any atom is -0.357 e. The van der Waals surface area contributed by atoms with Gasteiger partial charge in [0, 0.05) is 42.1 Å². The smallest absolute Gasteiger partial charge is 0.255 e. The first-order valence-electron chi connectivity index (χ1n) is 10.3. The summed E-state index contributed by atoms with van der Waals surface area (Å²) in [6, 6.07) is 12.1. The molecule has 8 heteroatoms. The number of fused-ring (bicyclic) bond motifs is 3. The molecule has 0 unspecified atom stereocenters. The van der Waals surface area contributed by atoms with Crippen molar-refractivity contribution in [2.24, 2.45) is 4.99 Å². The van der Waals surface area contributed by atoms with Crippen molar-refractivity contribution in [2.75, 3.05) is 35.7 Å². The quantitative estimate of drug-likeness (QED) is 0.657. The first-order chi connectivity index (χ1) is 15.6. The lowest BCUT2D eigenvalue weighted by molar-refractivity contribution is 0.102. The average Bonchev–Trinajstić information content (AvgIpc) is 3.32. The molecule has 0 bridgehead atoms. The second-order valence-corrected chi connectivity index (χ2v) is 7.58. The third-order valence-corrected chi connectivity index (χ3v) is 5.56. The van der Waals surface area contributed by atoms with Crippen molar-refractivity contribution in [1.82, 2.24) is 9.97 Å². The second-order valence-electron chi connectivity index (χ2n) is 7.58. The van der Waals surface area contributed by atoms with E-state index < -0.39 is 5.82 Å². The molecule has 7 nitrogen and oxygen atoms in total. The third-order valence-electron chi connectivity index (χ3n) is 5.56. The van der Waals surface area contributed by atoms with Gasteiger partial charge in [-0.15, -0.1) is 0 Å². The lowest BCUT2D eigenvalue weighted by Gasteiger charge is -2.28. The highest BCUT2D eigenvalue weighted by Gasteiger charge is 2.32. The van der Waals surface area contributed by atoms with Gasteiger partial charge in [0.15, 0.2) is 5.82 Å². The first-order valence-corrected chi connectivity index (χ1v) is 10.3. The predicted molar refractivity (Wildman–Crippen MR) is 125 cm³/mol. The largest absolute Gasteiger partial charge is 0.357 e. The number of hydrogen-bond acceptors (Lipinski definition) is 6. The molecule has 2 N–H and O–H groups in total. The van der Waals surface area contributed by atoms with E-state index in [0.717, 1.165) is 16.9 Å². The molecule has 3 heterocycles. The van der Waals surface area contributed by atoms with Crippen LogP contribution in [0.25, 0.3) is 11.6 Å². The van der Waals surface area contributed by atoms with Gasteiger partial charge in [-0.25, -0.2) is 9.37 Å². The van der Waals surface area contributed by atoms with Crippen LogP contribution >= 0.6 is 0 Å². The van der Waals surface area contributed by atoms with Crippen molar-refractivity contribution in [1.29, 1.82) is 0 Å². The molecule has 0 radical (unpaired) electrons. The van der Waals surface area contributed by atoms with Crippen LogP contribution in [0, 0.1) is 12.7 Å². The molecule has 3 aromatic rings. The van der Waals surface area contributed by atoms with E-state index in [1.165, 1.54) is 0 Å². The van der Waals surface area contributed by atoms with Crippen LogP contribution in [0.1, 0.15) is 27.0 Å². The highest BCUT2D eigenvalue weighted by molar-refractivity contribution is 6.36. The van der Waals surface area contributed by atoms with Gasteiger partial charge in [-0.2, -0.15) is 4.98 Å². The molecule has 1 amide bonds. The Morgan fingerprint density at radius 2 is 1.97 bits per heavy atom. The van der Waals surface area contributed by atoms with E-state index in [9.17, 15) is 4.79 Å². The number of carbonyl (C=O) groups excluding carboxylic acids is 1. The van der Waals surface area contributed by atoms with Crippen molar-refractivity contribution in [2.45, 2.75) is 6.92 Å². The fourth-order valence-corrected chi connectivity index (χ4v) is 3.99. The lowest BCUT2D eigenvalue weighted by Crippen LogP contribution is -2.33. The summed E-state index contributed by atoms with van der Waals surface area (Å²) in [5.41, 5.74) is 3.18. The fraction of sp³-hybridized carbons (Fsp3) is 0.167. The molecule has 160 valence electrons. The van der Waals surface area contributed by atoms with E-state index in [4.69, 9.17) is 0 Å². The Balaban J connectivity index is 1.59. The van der Waals surface area contributed by atoms with Gasteiger partial charge in [-0.05, 0) is 36.8 Å². The number of benzene rings is 2. The molecule has 0 saturated heterocycles. The summed E-state index contributed by atoms with van der Waals surface area (Å²) in [5, 5.41) is 5.65. The Labute approximate surface area is 184 Å². The molecule has 0 spiro atoms. The Morgan fingerprint density at radius 3 is 2.75 bits per heavy atom. The molecule has 2 aliphatic heterocycles. The molecular formula is C24H21FN6O. The Morgan fingerprint density at radius 1 is 1.16 bits per heavy atom. The summed E-state index contributed by atoms with van der Waals surface area (Å²) < 4.78 is 15.8. The molecule has 0 saturated carbocycles. The number of amides is 1. The average molecular weight is 428 g/mol. The minimum absolute atomic E-state index is 0.123. The molecule has 0 aliphatic carbocycles.